The minimum Gasteiger partial charge on any atom is -0.481 e. The SMILES string of the molecule is COC(=O)CSc1nnc(NC(=O)[C@@H](C)Oc2ccc(Br)cc2)s1. The van der Waals surface area contributed by atoms with Gasteiger partial charge in [-0.15, -0.1) is 10.2 Å². The van der Waals surface area contributed by atoms with E-state index < -0.39 is 6.10 Å². The molecule has 0 bridgehead atoms. The van der Waals surface area contributed by atoms with Crippen molar-refractivity contribution in [3.05, 3.63) is 28.7 Å². The monoisotopic (exact) mass is 431 g/mol. The van der Waals surface area contributed by atoms with Crippen molar-refractivity contribution in [1.29, 1.82) is 0 Å². The van der Waals surface area contributed by atoms with E-state index in [1.165, 1.54) is 30.2 Å². The number of methoxy groups -OCH3 is 1. The van der Waals surface area contributed by atoms with Crippen molar-refractivity contribution in [2.75, 3.05) is 18.2 Å². The quantitative estimate of drug-likeness (QED) is 0.409. The van der Waals surface area contributed by atoms with Crippen LogP contribution in [0.25, 0.3) is 0 Å². The number of hydrogen-bond acceptors (Lipinski definition) is 8. The van der Waals surface area contributed by atoms with E-state index in [1.54, 1.807) is 19.1 Å². The first-order chi connectivity index (χ1) is 11.5. The number of nitrogens with zero attached hydrogens (tertiary/aromatic N) is 2. The molecule has 1 atom stereocenters. The summed E-state index contributed by atoms with van der Waals surface area (Å²) in [6.07, 6.45) is -0.693. The summed E-state index contributed by atoms with van der Waals surface area (Å²) in [5.74, 6) is 0.0469. The van der Waals surface area contributed by atoms with Gasteiger partial charge in [0.25, 0.3) is 5.91 Å². The van der Waals surface area contributed by atoms with E-state index in [0.717, 1.165) is 4.47 Å². The fourth-order valence-corrected chi connectivity index (χ4v) is 3.33. The van der Waals surface area contributed by atoms with Gasteiger partial charge in [-0.2, -0.15) is 0 Å². The largest absolute Gasteiger partial charge is 0.481 e. The summed E-state index contributed by atoms with van der Waals surface area (Å²) < 4.78 is 11.6. The van der Waals surface area contributed by atoms with Crippen molar-refractivity contribution >= 4 is 56.0 Å². The Balaban J connectivity index is 1.86. The molecule has 1 heterocycles. The fourth-order valence-electron chi connectivity index (χ4n) is 1.48. The molecule has 0 spiro atoms. The number of anilines is 1. The van der Waals surface area contributed by atoms with Gasteiger partial charge < -0.3 is 9.47 Å². The van der Waals surface area contributed by atoms with Crippen LogP contribution >= 0.6 is 39.0 Å². The summed E-state index contributed by atoms with van der Waals surface area (Å²) in [5, 5.41) is 10.7. The second-order valence-electron chi connectivity index (χ2n) is 4.44. The summed E-state index contributed by atoms with van der Waals surface area (Å²) in [5.41, 5.74) is 0. The Morgan fingerprint density at radius 3 is 2.71 bits per heavy atom. The van der Waals surface area contributed by atoms with Crippen molar-refractivity contribution in [2.24, 2.45) is 0 Å². The van der Waals surface area contributed by atoms with Gasteiger partial charge in [0.2, 0.25) is 5.13 Å². The van der Waals surface area contributed by atoms with Crippen LogP contribution in [0.4, 0.5) is 5.13 Å². The molecule has 1 aromatic carbocycles. The highest BCUT2D eigenvalue weighted by Crippen LogP contribution is 2.25. The molecule has 0 aliphatic carbocycles. The molecule has 0 aliphatic heterocycles. The zero-order valence-corrected chi connectivity index (χ0v) is 16.0. The molecule has 0 fully saturated rings. The first-order valence-electron chi connectivity index (χ1n) is 6.74. The predicted octanol–water partition coefficient (Wildman–Crippen LogP) is 2.97. The second kappa shape index (κ2) is 9.00. The molecule has 0 aliphatic rings. The van der Waals surface area contributed by atoms with E-state index >= 15 is 0 Å². The van der Waals surface area contributed by atoms with Gasteiger partial charge in [-0.1, -0.05) is 39.0 Å². The second-order valence-corrected chi connectivity index (χ2v) is 7.56. The third kappa shape index (κ3) is 5.77. The van der Waals surface area contributed by atoms with Crippen LogP contribution in [0.3, 0.4) is 0 Å². The molecule has 128 valence electrons. The Kier molecular flexibility index (Phi) is 7.00. The lowest BCUT2D eigenvalue weighted by Gasteiger charge is -2.13. The molecule has 0 saturated heterocycles. The van der Waals surface area contributed by atoms with Crippen LogP contribution < -0.4 is 10.1 Å². The Morgan fingerprint density at radius 1 is 1.33 bits per heavy atom. The number of nitrogens with one attached hydrogen (secondary N) is 1. The molecule has 24 heavy (non-hydrogen) atoms. The number of halogens is 1. The minimum atomic E-state index is -0.693. The lowest BCUT2D eigenvalue weighted by Crippen LogP contribution is -2.30. The molecule has 1 N–H and O–H groups in total. The van der Waals surface area contributed by atoms with Crippen molar-refractivity contribution < 1.29 is 19.1 Å². The molecular weight excluding hydrogens is 418 g/mol. The van der Waals surface area contributed by atoms with Crippen molar-refractivity contribution in [2.45, 2.75) is 17.4 Å². The number of rotatable bonds is 7. The van der Waals surface area contributed by atoms with Crippen LogP contribution in [0.2, 0.25) is 0 Å². The fraction of sp³-hybridized carbons (Fsp3) is 0.286. The summed E-state index contributed by atoms with van der Waals surface area (Å²) in [6.45, 7) is 1.64. The average Bonchev–Trinajstić information content (AvgIpc) is 3.02. The molecule has 1 aromatic heterocycles. The number of thioether (sulfide) groups is 1. The highest BCUT2D eigenvalue weighted by molar-refractivity contribution is 9.10. The molecule has 10 heteroatoms. The van der Waals surface area contributed by atoms with Gasteiger partial charge in [-0.05, 0) is 31.2 Å². The predicted molar refractivity (Wildman–Crippen MR) is 95.5 cm³/mol. The lowest BCUT2D eigenvalue weighted by atomic mass is 10.3. The van der Waals surface area contributed by atoms with Crippen LogP contribution in [0, 0.1) is 0 Å². The van der Waals surface area contributed by atoms with E-state index in [1.807, 2.05) is 12.1 Å². The topological polar surface area (TPSA) is 90.4 Å². The Labute approximate surface area is 155 Å². The molecule has 0 saturated carbocycles. The highest BCUT2D eigenvalue weighted by atomic mass is 79.9. The zero-order valence-electron chi connectivity index (χ0n) is 12.8. The van der Waals surface area contributed by atoms with E-state index in [0.29, 0.717) is 15.2 Å². The van der Waals surface area contributed by atoms with Crippen molar-refractivity contribution in [1.82, 2.24) is 10.2 Å². The number of carbonyl (C=O) groups is 2. The molecule has 0 unspecified atom stereocenters. The Bertz CT molecular complexity index is 708. The van der Waals surface area contributed by atoms with Gasteiger partial charge in [0.05, 0.1) is 12.9 Å². The summed E-state index contributed by atoms with van der Waals surface area (Å²) in [4.78, 5) is 23.2. The number of carbonyl (C=O) groups excluding carboxylic acids is 2. The van der Waals surface area contributed by atoms with E-state index in [9.17, 15) is 9.59 Å². The number of hydrogen-bond donors (Lipinski definition) is 1. The minimum absolute atomic E-state index is 0.141. The third-order valence-electron chi connectivity index (χ3n) is 2.67. The first-order valence-corrected chi connectivity index (χ1v) is 9.33. The maximum atomic E-state index is 12.1. The van der Waals surface area contributed by atoms with Gasteiger partial charge in [-0.3, -0.25) is 14.9 Å². The van der Waals surface area contributed by atoms with Crippen molar-refractivity contribution in [3.63, 3.8) is 0 Å². The maximum absolute atomic E-state index is 12.1. The Morgan fingerprint density at radius 2 is 2.04 bits per heavy atom. The van der Waals surface area contributed by atoms with E-state index in [4.69, 9.17) is 4.74 Å². The van der Waals surface area contributed by atoms with Gasteiger partial charge in [0.15, 0.2) is 10.4 Å². The molecule has 0 radical (unpaired) electrons. The number of ether oxygens (including phenoxy) is 2. The average molecular weight is 432 g/mol. The van der Waals surface area contributed by atoms with Crippen LogP contribution in [-0.4, -0.2) is 41.0 Å². The van der Waals surface area contributed by atoms with Crippen LogP contribution in [0.1, 0.15) is 6.92 Å². The van der Waals surface area contributed by atoms with E-state index in [-0.39, 0.29) is 17.6 Å². The molecule has 2 rings (SSSR count). The van der Waals surface area contributed by atoms with Gasteiger partial charge in [0.1, 0.15) is 5.75 Å². The molecular formula is C14H14BrN3O4S2. The third-order valence-corrected chi connectivity index (χ3v) is 5.15. The lowest BCUT2D eigenvalue weighted by molar-refractivity contribution is -0.137. The van der Waals surface area contributed by atoms with E-state index in [2.05, 4.69) is 36.2 Å². The number of esters is 1. The first kappa shape index (κ1) is 18.7. The molecule has 2 aromatic rings. The normalized spacial score (nSPS) is 11.6. The number of aromatic nitrogens is 2. The summed E-state index contributed by atoms with van der Waals surface area (Å²) >= 11 is 5.71. The van der Waals surface area contributed by atoms with Gasteiger partial charge in [0, 0.05) is 4.47 Å². The van der Waals surface area contributed by atoms with Crippen LogP contribution in [0.5, 0.6) is 5.75 Å². The summed E-state index contributed by atoms with van der Waals surface area (Å²) in [6, 6.07) is 7.19. The highest BCUT2D eigenvalue weighted by Gasteiger charge is 2.17. The zero-order chi connectivity index (χ0) is 17.5. The maximum Gasteiger partial charge on any atom is 0.316 e. The van der Waals surface area contributed by atoms with Gasteiger partial charge in [-0.25, -0.2) is 0 Å². The molecule has 7 nitrogen and oxygen atoms in total. The number of benzene rings is 1. The molecule has 1 amide bonds. The van der Waals surface area contributed by atoms with Crippen molar-refractivity contribution in [3.8, 4) is 5.75 Å². The standard InChI is InChI=1S/C14H14BrN3O4S2/c1-8(22-10-5-3-9(15)4-6-10)12(20)16-13-17-18-14(24-13)23-7-11(19)21-2/h3-6,8H,7H2,1-2H3,(H,16,17,20)/t8-/m1/s1. The van der Waals surface area contributed by atoms with Gasteiger partial charge >= 0.3 is 5.97 Å². The van der Waals surface area contributed by atoms with Crippen LogP contribution in [-0.2, 0) is 14.3 Å². The number of amides is 1. The van der Waals surface area contributed by atoms with Crippen LogP contribution in [0.15, 0.2) is 33.1 Å². The smallest absolute Gasteiger partial charge is 0.316 e. The summed E-state index contributed by atoms with van der Waals surface area (Å²) in [7, 11) is 1.32. The Hall–Kier alpha value is -1.65.